The van der Waals surface area contributed by atoms with E-state index in [1.54, 1.807) is 0 Å². The van der Waals surface area contributed by atoms with Gasteiger partial charge in [-0.15, -0.1) is 0 Å². The van der Waals surface area contributed by atoms with Gasteiger partial charge < -0.3 is 0 Å². The largest absolute Gasteiger partial charge is 0.357 e. The van der Waals surface area contributed by atoms with E-state index in [1.165, 1.54) is 7.14 Å². The summed E-state index contributed by atoms with van der Waals surface area (Å²) < 4.78 is 10.2. The molecule has 2 heteroatoms. The molecule has 77 valence electrons. The van der Waals surface area contributed by atoms with Crippen LogP contribution in [0, 0.1) is 7.14 Å². The van der Waals surface area contributed by atoms with E-state index in [2.05, 4.69) is 36.4 Å². The maximum Gasteiger partial charge on any atom is 0.357 e. The molecule has 0 heterocycles. The predicted octanol–water partition coefficient (Wildman–Crippen LogP) is 0.449. The Balaban J connectivity index is 0.00000112. The van der Waals surface area contributed by atoms with Crippen molar-refractivity contribution in [1.29, 1.82) is 0 Å². The Morgan fingerprint density at radius 2 is 1.27 bits per heavy atom. The van der Waals surface area contributed by atoms with Crippen LogP contribution in [0.4, 0.5) is 0 Å². The van der Waals surface area contributed by atoms with Crippen LogP contribution in [-0.2, 0) is 18.6 Å². The standard InChI is InChI=1S/C12H10I.CH4.V/c1-3-7-11(8-4-1)13-12-9-5-2-6-10-12;;/h1-10H;1H4;/q+1;;/i1D;;. The molecule has 2 rings (SSSR count). The molecule has 1 radical (unpaired) electrons. The van der Waals surface area contributed by atoms with Gasteiger partial charge in [0, 0.05) is 18.6 Å². The van der Waals surface area contributed by atoms with Crippen molar-refractivity contribution in [2.45, 2.75) is 7.43 Å². The van der Waals surface area contributed by atoms with E-state index in [0.29, 0.717) is 6.04 Å². The summed E-state index contributed by atoms with van der Waals surface area (Å²) in [6, 6.07) is 19.0. The average Bonchev–Trinajstić information content (AvgIpc) is 2.23. The van der Waals surface area contributed by atoms with E-state index in [9.17, 15) is 0 Å². The van der Waals surface area contributed by atoms with Crippen LogP contribution in [0.1, 0.15) is 8.80 Å². The van der Waals surface area contributed by atoms with Gasteiger partial charge in [-0.3, -0.25) is 0 Å². The Labute approximate surface area is 116 Å². The maximum absolute atomic E-state index is 7.38. The zero-order chi connectivity index (χ0) is 9.80. The van der Waals surface area contributed by atoms with Crippen LogP contribution < -0.4 is 21.2 Å². The third-order valence-electron chi connectivity index (χ3n) is 1.63. The Hall–Kier alpha value is -0.246. The quantitative estimate of drug-likeness (QED) is 0.691. The SMILES string of the molecule is C.[2H]c1ccc([I+]c2ccccc2)cc1.[V]. The van der Waals surface area contributed by atoms with E-state index in [1.807, 2.05) is 18.2 Å². The molecule has 15 heavy (non-hydrogen) atoms. The fourth-order valence-corrected chi connectivity index (χ4v) is 3.25. The van der Waals surface area contributed by atoms with E-state index in [0.717, 1.165) is 0 Å². The molecule has 0 aliphatic rings. The molecule has 0 aliphatic heterocycles. The van der Waals surface area contributed by atoms with Crippen molar-refractivity contribution in [3.05, 3.63) is 67.8 Å². The molecule has 0 aromatic heterocycles. The van der Waals surface area contributed by atoms with Gasteiger partial charge in [0.1, 0.15) is 0 Å². The van der Waals surface area contributed by atoms with Crippen LogP contribution in [0.3, 0.4) is 0 Å². The second kappa shape index (κ2) is 7.97. The molecule has 0 spiro atoms. The minimum atomic E-state index is -0.0674. The second-order valence-corrected chi connectivity index (χ2v) is 5.64. The zero-order valence-electron chi connectivity index (χ0n) is 8.52. The van der Waals surface area contributed by atoms with E-state index < -0.39 is 0 Å². The Kier molecular flexibility index (Phi) is 6.81. The van der Waals surface area contributed by atoms with Crippen LogP contribution in [-0.4, -0.2) is 0 Å². The van der Waals surface area contributed by atoms with Crippen molar-refractivity contribution in [2.75, 3.05) is 0 Å². The molecular formula is C13H14IV+. The number of hydrogen-bond acceptors (Lipinski definition) is 0. The third-order valence-corrected chi connectivity index (χ3v) is 4.31. The Bertz CT molecular complexity index is 400. The van der Waals surface area contributed by atoms with Crippen molar-refractivity contribution in [3.63, 3.8) is 0 Å². The van der Waals surface area contributed by atoms with Gasteiger partial charge in [-0.05, 0) is 24.3 Å². The minimum absolute atomic E-state index is 0. The third kappa shape index (κ3) is 4.87. The summed E-state index contributed by atoms with van der Waals surface area (Å²) in [4.78, 5) is 0. The summed E-state index contributed by atoms with van der Waals surface area (Å²) >= 11 is -0.0674. The van der Waals surface area contributed by atoms with Gasteiger partial charge in [-0.2, -0.15) is 0 Å². The molecule has 0 bridgehead atoms. The average molecular weight is 349 g/mol. The molecule has 0 N–H and O–H groups in total. The van der Waals surface area contributed by atoms with Crippen LogP contribution in [0.25, 0.3) is 0 Å². The summed E-state index contributed by atoms with van der Waals surface area (Å²) in [5.41, 5.74) is 0. The minimum Gasteiger partial charge on any atom is -0.0776 e. The van der Waals surface area contributed by atoms with Crippen LogP contribution in [0.2, 0.25) is 0 Å². The molecule has 0 aliphatic carbocycles. The molecule has 0 fully saturated rings. The first kappa shape index (κ1) is 12.8. The monoisotopic (exact) mass is 349 g/mol. The number of halogens is 1. The van der Waals surface area contributed by atoms with Crippen molar-refractivity contribution < 1.29 is 41.1 Å². The van der Waals surface area contributed by atoms with Gasteiger partial charge >= 0.3 is 21.2 Å². The molecule has 2 aromatic rings. The number of benzene rings is 2. The molecule has 0 amide bonds. The first-order chi connectivity index (χ1) is 6.84. The molecule has 0 atom stereocenters. The Morgan fingerprint density at radius 1 is 0.800 bits per heavy atom. The van der Waals surface area contributed by atoms with Crippen LogP contribution in [0.5, 0.6) is 0 Å². The molecular weight excluding hydrogens is 334 g/mol. The second-order valence-electron chi connectivity index (χ2n) is 2.61. The summed E-state index contributed by atoms with van der Waals surface area (Å²) in [6.07, 6.45) is 0. The summed E-state index contributed by atoms with van der Waals surface area (Å²) in [7, 11) is 0. The van der Waals surface area contributed by atoms with Gasteiger partial charge in [0.15, 0.2) is 7.14 Å². The summed E-state index contributed by atoms with van der Waals surface area (Å²) in [5.74, 6) is 0. The maximum atomic E-state index is 7.38. The molecule has 0 saturated heterocycles. The smallest absolute Gasteiger partial charge is 0.0776 e. The van der Waals surface area contributed by atoms with Crippen LogP contribution >= 0.6 is 0 Å². The van der Waals surface area contributed by atoms with Gasteiger partial charge in [-0.25, -0.2) is 0 Å². The fourth-order valence-electron chi connectivity index (χ4n) is 1.03. The van der Waals surface area contributed by atoms with Gasteiger partial charge in [0.2, 0.25) is 0 Å². The molecule has 0 saturated carbocycles. The van der Waals surface area contributed by atoms with E-state index in [4.69, 9.17) is 1.37 Å². The van der Waals surface area contributed by atoms with E-state index in [-0.39, 0.29) is 47.2 Å². The van der Waals surface area contributed by atoms with E-state index >= 15 is 0 Å². The normalized spacial score (nSPS) is 9.47. The summed E-state index contributed by atoms with van der Waals surface area (Å²) in [5, 5.41) is 0. The van der Waals surface area contributed by atoms with Gasteiger partial charge in [0.05, 0.1) is 1.37 Å². The molecule has 0 unspecified atom stereocenters. The molecule has 0 nitrogen and oxygen atoms in total. The van der Waals surface area contributed by atoms with Crippen LogP contribution in [0.15, 0.2) is 60.6 Å². The molecule has 2 aromatic carbocycles. The Morgan fingerprint density at radius 3 is 1.80 bits per heavy atom. The summed E-state index contributed by atoms with van der Waals surface area (Å²) in [6.45, 7) is 0. The number of hydrogen-bond donors (Lipinski definition) is 0. The first-order valence-corrected chi connectivity index (χ1v) is 6.27. The predicted molar refractivity (Wildman–Crippen MR) is 57.0 cm³/mol. The van der Waals surface area contributed by atoms with Gasteiger partial charge in [-0.1, -0.05) is 43.8 Å². The van der Waals surface area contributed by atoms with Crippen molar-refractivity contribution >= 4 is 0 Å². The van der Waals surface area contributed by atoms with Crippen molar-refractivity contribution in [3.8, 4) is 0 Å². The van der Waals surface area contributed by atoms with Crippen molar-refractivity contribution in [2.24, 2.45) is 0 Å². The fraction of sp³-hybridized carbons (Fsp3) is 0.0769. The number of rotatable bonds is 2. The van der Waals surface area contributed by atoms with Gasteiger partial charge in [0.25, 0.3) is 0 Å². The van der Waals surface area contributed by atoms with Crippen molar-refractivity contribution in [1.82, 2.24) is 0 Å². The first-order valence-electron chi connectivity index (χ1n) is 4.61. The topological polar surface area (TPSA) is 0 Å². The zero-order valence-corrected chi connectivity index (χ0v) is 11.1.